The van der Waals surface area contributed by atoms with Crippen LogP contribution in [-0.2, 0) is 6.54 Å². The van der Waals surface area contributed by atoms with Crippen LogP contribution in [0.3, 0.4) is 0 Å². The van der Waals surface area contributed by atoms with E-state index in [2.05, 4.69) is 17.2 Å². The smallest absolute Gasteiger partial charge is 0.207 e. The minimum absolute atomic E-state index is 0.324. The number of rotatable bonds is 5. The maximum atomic E-state index is 13.1. The van der Waals surface area contributed by atoms with Gasteiger partial charge in [0.2, 0.25) is 5.95 Å². The third-order valence-electron chi connectivity index (χ3n) is 2.77. The van der Waals surface area contributed by atoms with Crippen LogP contribution >= 0.6 is 0 Å². The average molecular weight is 263 g/mol. The number of nitrogens with zero attached hydrogens (tertiary/aromatic N) is 2. The number of hydrogen-bond donors (Lipinski definition) is 1. The van der Waals surface area contributed by atoms with Gasteiger partial charge in [-0.3, -0.25) is 0 Å². The molecule has 5 heteroatoms. The van der Waals surface area contributed by atoms with Gasteiger partial charge in [-0.15, -0.1) is 0 Å². The van der Waals surface area contributed by atoms with Gasteiger partial charge in [0.15, 0.2) is 0 Å². The normalized spacial score (nSPS) is 10.5. The Balaban J connectivity index is 2.30. The molecule has 0 aliphatic heterocycles. The highest BCUT2D eigenvalue weighted by Gasteiger charge is 2.09. The zero-order valence-corrected chi connectivity index (χ0v) is 11.4. The SMILES string of the molecule is CCCn1cc(C)nc1Nc1ccc(F)cc1OC. The number of ether oxygens (including phenoxy) is 1. The summed E-state index contributed by atoms with van der Waals surface area (Å²) in [6.07, 6.45) is 3.01. The van der Waals surface area contributed by atoms with Crippen molar-refractivity contribution >= 4 is 11.6 Å². The van der Waals surface area contributed by atoms with Gasteiger partial charge in [0, 0.05) is 18.8 Å². The highest BCUT2D eigenvalue weighted by atomic mass is 19.1. The number of anilines is 2. The molecule has 0 spiro atoms. The summed E-state index contributed by atoms with van der Waals surface area (Å²) in [5, 5.41) is 3.19. The number of nitrogens with one attached hydrogen (secondary N) is 1. The van der Waals surface area contributed by atoms with Crippen LogP contribution in [0.5, 0.6) is 5.75 Å². The molecule has 2 aromatic rings. The molecule has 2 rings (SSSR count). The molecule has 19 heavy (non-hydrogen) atoms. The lowest BCUT2D eigenvalue weighted by Gasteiger charge is -2.12. The summed E-state index contributed by atoms with van der Waals surface area (Å²) in [7, 11) is 1.52. The fourth-order valence-corrected chi connectivity index (χ4v) is 1.95. The predicted molar refractivity (Wildman–Crippen MR) is 73.5 cm³/mol. The molecule has 0 amide bonds. The molecule has 0 radical (unpaired) electrons. The Hall–Kier alpha value is -2.04. The first-order chi connectivity index (χ1) is 9.13. The van der Waals surface area contributed by atoms with Gasteiger partial charge in [0.1, 0.15) is 11.6 Å². The lowest BCUT2D eigenvalue weighted by Crippen LogP contribution is -2.04. The fraction of sp³-hybridized carbons (Fsp3) is 0.357. The Morgan fingerprint density at radius 3 is 2.89 bits per heavy atom. The molecule has 0 fully saturated rings. The summed E-state index contributed by atoms with van der Waals surface area (Å²) in [4.78, 5) is 4.42. The molecule has 1 aromatic carbocycles. The number of aromatic nitrogens is 2. The van der Waals surface area contributed by atoms with Gasteiger partial charge >= 0.3 is 0 Å². The molecule has 1 heterocycles. The third kappa shape index (κ3) is 3.05. The Labute approximate surface area is 112 Å². The average Bonchev–Trinajstić information content (AvgIpc) is 2.72. The maximum absolute atomic E-state index is 13.1. The lowest BCUT2D eigenvalue weighted by molar-refractivity contribution is 0.413. The molecule has 1 aromatic heterocycles. The number of aryl methyl sites for hydroxylation is 2. The van der Waals surface area contributed by atoms with Crippen molar-refractivity contribution in [2.24, 2.45) is 0 Å². The lowest BCUT2D eigenvalue weighted by atomic mass is 10.3. The molecule has 0 saturated heterocycles. The monoisotopic (exact) mass is 263 g/mol. The largest absolute Gasteiger partial charge is 0.494 e. The summed E-state index contributed by atoms with van der Waals surface area (Å²) in [6, 6.07) is 4.39. The second-order valence-corrected chi connectivity index (χ2v) is 4.37. The van der Waals surface area contributed by atoms with Crippen LogP contribution in [0.15, 0.2) is 24.4 Å². The third-order valence-corrected chi connectivity index (χ3v) is 2.77. The van der Waals surface area contributed by atoms with Gasteiger partial charge in [0.25, 0.3) is 0 Å². The first kappa shape index (κ1) is 13.4. The molecule has 0 aliphatic rings. The van der Waals surface area contributed by atoms with Crippen molar-refractivity contribution < 1.29 is 9.13 Å². The fourth-order valence-electron chi connectivity index (χ4n) is 1.95. The predicted octanol–water partition coefficient (Wildman–Crippen LogP) is 3.49. The van der Waals surface area contributed by atoms with Crippen LogP contribution in [0.4, 0.5) is 16.0 Å². The summed E-state index contributed by atoms with van der Waals surface area (Å²) in [5.41, 5.74) is 1.64. The van der Waals surface area contributed by atoms with Crippen LogP contribution in [0, 0.1) is 12.7 Å². The van der Waals surface area contributed by atoms with Crippen molar-refractivity contribution in [2.45, 2.75) is 26.8 Å². The molecular formula is C14H18FN3O. The molecule has 0 unspecified atom stereocenters. The van der Waals surface area contributed by atoms with Crippen molar-refractivity contribution in [2.75, 3.05) is 12.4 Å². The number of benzene rings is 1. The standard InChI is InChI=1S/C14H18FN3O/c1-4-7-18-9-10(2)16-14(18)17-12-6-5-11(15)8-13(12)19-3/h5-6,8-9H,4,7H2,1-3H3,(H,16,17). The zero-order valence-electron chi connectivity index (χ0n) is 11.4. The minimum atomic E-state index is -0.324. The Kier molecular flexibility index (Phi) is 4.04. The van der Waals surface area contributed by atoms with E-state index in [-0.39, 0.29) is 5.82 Å². The van der Waals surface area contributed by atoms with Gasteiger partial charge in [-0.05, 0) is 25.5 Å². The summed E-state index contributed by atoms with van der Waals surface area (Å²) in [5.74, 6) is 0.878. The van der Waals surface area contributed by atoms with Crippen LogP contribution in [0.25, 0.3) is 0 Å². The summed E-state index contributed by atoms with van der Waals surface area (Å²) >= 11 is 0. The highest BCUT2D eigenvalue weighted by Crippen LogP contribution is 2.28. The van der Waals surface area contributed by atoms with E-state index in [0.29, 0.717) is 11.4 Å². The number of methoxy groups -OCH3 is 1. The van der Waals surface area contributed by atoms with Gasteiger partial charge in [0.05, 0.1) is 18.5 Å². The Morgan fingerprint density at radius 1 is 1.42 bits per heavy atom. The number of imidazole rings is 1. The molecule has 0 bridgehead atoms. The van der Waals surface area contributed by atoms with Gasteiger partial charge in [-0.2, -0.15) is 0 Å². The molecular weight excluding hydrogens is 245 g/mol. The van der Waals surface area contributed by atoms with E-state index >= 15 is 0 Å². The molecule has 0 atom stereocenters. The summed E-state index contributed by atoms with van der Waals surface area (Å²) < 4.78 is 20.4. The molecule has 1 N–H and O–H groups in total. The van der Waals surface area contributed by atoms with Crippen LogP contribution < -0.4 is 10.1 Å². The van der Waals surface area contributed by atoms with Crippen LogP contribution in [0.1, 0.15) is 19.0 Å². The minimum Gasteiger partial charge on any atom is -0.494 e. The quantitative estimate of drug-likeness (QED) is 0.897. The van der Waals surface area contributed by atoms with E-state index in [1.807, 2.05) is 17.7 Å². The van der Waals surface area contributed by atoms with Crippen LogP contribution in [0.2, 0.25) is 0 Å². The van der Waals surface area contributed by atoms with E-state index in [9.17, 15) is 4.39 Å². The first-order valence-corrected chi connectivity index (χ1v) is 6.28. The molecule has 0 saturated carbocycles. The van der Waals surface area contributed by atoms with E-state index in [1.54, 1.807) is 6.07 Å². The Morgan fingerprint density at radius 2 is 2.21 bits per heavy atom. The van der Waals surface area contributed by atoms with Crippen molar-refractivity contribution in [1.82, 2.24) is 9.55 Å². The molecule has 4 nitrogen and oxygen atoms in total. The van der Waals surface area contributed by atoms with E-state index in [1.165, 1.54) is 19.2 Å². The maximum Gasteiger partial charge on any atom is 0.207 e. The zero-order chi connectivity index (χ0) is 13.8. The summed E-state index contributed by atoms with van der Waals surface area (Å²) in [6.45, 7) is 4.93. The van der Waals surface area contributed by atoms with E-state index in [4.69, 9.17) is 4.74 Å². The van der Waals surface area contributed by atoms with Crippen molar-refractivity contribution in [3.8, 4) is 5.75 Å². The topological polar surface area (TPSA) is 39.1 Å². The van der Waals surface area contributed by atoms with E-state index < -0.39 is 0 Å². The van der Waals surface area contributed by atoms with Crippen molar-refractivity contribution in [3.63, 3.8) is 0 Å². The van der Waals surface area contributed by atoms with E-state index in [0.717, 1.165) is 24.6 Å². The van der Waals surface area contributed by atoms with Crippen molar-refractivity contribution in [1.29, 1.82) is 0 Å². The second-order valence-electron chi connectivity index (χ2n) is 4.37. The Bertz CT molecular complexity index is 566. The molecule has 102 valence electrons. The first-order valence-electron chi connectivity index (χ1n) is 6.28. The number of halogens is 1. The number of hydrogen-bond acceptors (Lipinski definition) is 3. The van der Waals surface area contributed by atoms with Gasteiger partial charge in [-0.1, -0.05) is 6.92 Å². The highest BCUT2D eigenvalue weighted by molar-refractivity contribution is 5.62. The van der Waals surface area contributed by atoms with Crippen molar-refractivity contribution in [3.05, 3.63) is 35.9 Å². The van der Waals surface area contributed by atoms with Gasteiger partial charge in [-0.25, -0.2) is 9.37 Å². The second kappa shape index (κ2) is 5.73. The van der Waals surface area contributed by atoms with Crippen LogP contribution in [-0.4, -0.2) is 16.7 Å². The molecule has 0 aliphatic carbocycles. The van der Waals surface area contributed by atoms with Gasteiger partial charge < -0.3 is 14.6 Å².